The first kappa shape index (κ1) is 16.1. The molecule has 0 unspecified atom stereocenters. The van der Waals surface area contributed by atoms with Crippen LogP contribution in [0, 0.1) is 6.92 Å². The summed E-state index contributed by atoms with van der Waals surface area (Å²) in [6.07, 6.45) is 2.92. The molecule has 0 saturated heterocycles. The number of nitrogens with one attached hydrogen (secondary N) is 1. The predicted octanol–water partition coefficient (Wildman–Crippen LogP) is 3.82. The Kier molecular flexibility index (Phi) is 5.07. The normalized spacial score (nSPS) is 11.9. The molecule has 1 aromatic carbocycles. The van der Waals surface area contributed by atoms with E-state index in [1.165, 1.54) is 11.1 Å². The zero-order chi connectivity index (χ0) is 15.5. The molecular weight excluding hydrogens is 282 g/mol. The molecule has 2 aromatic rings. The Balaban J connectivity index is 1.90. The SMILES string of the molecule is Cc1nn(Cc2ccc(CCNC(C)(C)C)cc2)cc1Cl. The van der Waals surface area contributed by atoms with Crippen LogP contribution in [0.25, 0.3) is 0 Å². The topological polar surface area (TPSA) is 29.9 Å². The van der Waals surface area contributed by atoms with Gasteiger partial charge in [-0.25, -0.2) is 0 Å². The van der Waals surface area contributed by atoms with Gasteiger partial charge in [-0.2, -0.15) is 5.10 Å². The molecule has 1 heterocycles. The number of hydrogen-bond donors (Lipinski definition) is 1. The first-order valence-corrected chi connectivity index (χ1v) is 7.74. The molecule has 2 rings (SSSR count). The van der Waals surface area contributed by atoms with E-state index in [0.717, 1.165) is 30.2 Å². The van der Waals surface area contributed by atoms with Crippen molar-refractivity contribution in [2.45, 2.75) is 46.2 Å². The molecule has 1 aromatic heterocycles. The molecule has 0 atom stereocenters. The molecule has 114 valence electrons. The minimum Gasteiger partial charge on any atom is -0.312 e. The Morgan fingerprint density at radius 2 is 1.76 bits per heavy atom. The fourth-order valence-corrected chi connectivity index (χ4v) is 2.31. The maximum atomic E-state index is 6.02. The van der Waals surface area contributed by atoms with E-state index in [-0.39, 0.29) is 5.54 Å². The van der Waals surface area contributed by atoms with Gasteiger partial charge in [-0.1, -0.05) is 35.9 Å². The van der Waals surface area contributed by atoms with Crippen LogP contribution in [0.1, 0.15) is 37.6 Å². The highest BCUT2D eigenvalue weighted by Gasteiger charge is 2.07. The second-order valence-electron chi connectivity index (χ2n) is 6.50. The van der Waals surface area contributed by atoms with Gasteiger partial charge in [0.2, 0.25) is 0 Å². The smallest absolute Gasteiger partial charge is 0.0815 e. The highest BCUT2D eigenvalue weighted by atomic mass is 35.5. The minimum absolute atomic E-state index is 0.178. The van der Waals surface area contributed by atoms with E-state index in [1.54, 1.807) is 0 Å². The van der Waals surface area contributed by atoms with Gasteiger partial charge in [0.1, 0.15) is 0 Å². The highest BCUT2D eigenvalue weighted by Crippen LogP contribution is 2.14. The van der Waals surface area contributed by atoms with Gasteiger partial charge >= 0.3 is 0 Å². The number of aromatic nitrogens is 2. The van der Waals surface area contributed by atoms with Crippen LogP contribution in [0.15, 0.2) is 30.5 Å². The molecule has 0 aliphatic carbocycles. The molecule has 3 nitrogen and oxygen atoms in total. The number of nitrogens with zero attached hydrogens (tertiary/aromatic N) is 2. The lowest BCUT2D eigenvalue weighted by molar-refractivity contribution is 0.429. The zero-order valence-corrected chi connectivity index (χ0v) is 14.0. The summed E-state index contributed by atoms with van der Waals surface area (Å²) < 4.78 is 1.88. The lowest BCUT2D eigenvalue weighted by Crippen LogP contribution is -2.37. The molecule has 21 heavy (non-hydrogen) atoms. The monoisotopic (exact) mass is 305 g/mol. The van der Waals surface area contributed by atoms with Crippen molar-refractivity contribution in [1.82, 2.24) is 15.1 Å². The van der Waals surface area contributed by atoms with Crippen molar-refractivity contribution in [3.05, 3.63) is 52.3 Å². The predicted molar refractivity (Wildman–Crippen MR) is 89.0 cm³/mol. The van der Waals surface area contributed by atoms with Gasteiger partial charge in [0.05, 0.1) is 17.3 Å². The average molecular weight is 306 g/mol. The molecule has 4 heteroatoms. The molecule has 0 radical (unpaired) electrons. The third kappa shape index (κ3) is 5.18. The van der Waals surface area contributed by atoms with Gasteiger partial charge in [0.15, 0.2) is 0 Å². The van der Waals surface area contributed by atoms with Crippen LogP contribution >= 0.6 is 11.6 Å². The van der Waals surface area contributed by atoms with Gasteiger partial charge in [0.25, 0.3) is 0 Å². The number of benzene rings is 1. The van der Waals surface area contributed by atoms with Gasteiger partial charge in [-0.3, -0.25) is 4.68 Å². The molecule has 0 bridgehead atoms. The fourth-order valence-electron chi connectivity index (χ4n) is 2.15. The Bertz CT molecular complexity index is 560. The van der Waals surface area contributed by atoms with Gasteiger partial charge in [-0.15, -0.1) is 0 Å². The highest BCUT2D eigenvalue weighted by molar-refractivity contribution is 6.31. The van der Waals surface area contributed by atoms with Gasteiger partial charge < -0.3 is 5.32 Å². The van der Waals surface area contributed by atoms with Crippen molar-refractivity contribution in [3.8, 4) is 0 Å². The van der Waals surface area contributed by atoms with E-state index in [4.69, 9.17) is 11.6 Å². The molecule has 0 saturated carbocycles. The molecule has 1 N–H and O–H groups in total. The number of rotatable bonds is 5. The van der Waals surface area contributed by atoms with Crippen molar-refractivity contribution in [2.24, 2.45) is 0 Å². The zero-order valence-electron chi connectivity index (χ0n) is 13.3. The van der Waals surface area contributed by atoms with Crippen LogP contribution in [0.5, 0.6) is 0 Å². The summed E-state index contributed by atoms with van der Waals surface area (Å²) in [7, 11) is 0. The van der Waals surface area contributed by atoms with E-state index < -0.39 is 0 Å². The molecule has 0 amide bonds. The quantitative estimate of drug-likeness (QED) is 0.910. The third-order valence-electron chi connectivity index (χ3n) is 3.32. The van der Waals surface area contributed by atoms with Gasteiger partial charge in [0, 0.05) is 11.7 Å². The minimum atomic E-state index is 0.178. The van der Waals surface area contributed by atoms with E-state index in [0.29, 0.717) is 0 Å². The van der Waals surface area contributed by atoms with Crippen LogP contribution in [-0.4, -0.2) is 21.9 Å². The molecular formula is C17H24ClN3. The first-order valence-electron chi connectivity index (χ1n) is 7.36. The third-order valence-corrected chi connectivity index (χ3v) is 3.69. The lowest BCUT2D eigenvalue weighted by Gasteiger charge is -2.20. The molecule has 0 fully saturated rings. The Morgan fingerprint density at radius 1 is 1.14 bits per heavy atom. The van der Waals surface area contributed by atoms with E-state index >= 15 is 0 Å². The summed E-state index contributed by atoms with van der Waals surface area (Å²) in [5, 5.41) is 8.61. The van der Waals surface area contributed by atoms with E-state index in [1.807, 2.05) is 17.8 Å². The van der Waals surface area contributed by atoms with E-state index in [9.17, 15) is 0 Å². The average Bonchev–Trinajstić information content (AvgIpc) is 2.69. The summed E-state index contributed by atoms with van der Waals surface area (Å²) in [5.41, 5.74) is 3.64. The Hall–Kier alpha value is -1.32. The summed E-state index contributed by atoms with van der Waals surface area (Å²) in [6.45, 7) is 10.2. The molecule has 0 aliphatic rings. The Morgan fingerprint density at radius 3 is 2.29 bits per heavy atom. The summed E-state index contributed by atoms with van der Waals surface area (Å²) in [5.74, 6) is 0. The second kappa shape index (κ2) is 6.63. The van der Waals surface area contributed by atoms with Crippen LogP contribution in [-0.2, 0) is 13.0 Å². The van der Waals surface area contributed by atoms with Crippen molar-refractivity contribution in [1.29, 1.82) is 0 Å². The van der Waals surface area contributed by atoms with E-state index in [2.05, 4.69) is 55.5 Å². The van der Waals surface area contributed by atoms with Crippen LogP contribution in [0.4, 0.5) is 0 Å². The standard InChI is InChI=1S/C17H24ClN3/c1-13-16(18)12-21(20-13)11-15-7-5-14(6-8-15)9-10-19-17(2,3)4/h5-8,12,19H,9-11H2,1-4H3. The van der Waals surface area contributed by atoms with Crippen LogP contribution in [0.3, 0.4) is 0 Å². The van der Waals surface area contributed by atoms with Crippen molar-refractivity contribution in [2.75, 3.05) is 6.54 Å². The Labute approximate surface area is 132 Å². The maximum absolute atomic E-state index is 6.02. The molecule has 0 aliphatic heterocycles. The number of halogens is 1. The summed E-state index contributed by atoms with van der Waals surface area (Å²) in [6, 6.07) is 8.71. The largest absolute Gasteiger partial charge is 0.312 e. The van der Waals surface area contributed by atoms with Crippen molar-refractivity contribution < 1.29 is 0 Å². The van der Waals surface area contributed by atoms with Crippen LogP contribution in [0.2, 0.25) is 5.02 Å². The maximum Gasteiger partial charge on any atom is 0.0815 e. The van der Waals surface area contributed by atoms with Crippen molar-refractivity contribution >= 4 is 11.6 Å². The summed E-state index contributed by atoms with van der Waals surface area (Å²) in [4.78, 5) is 0. The van der Waals surface area contributed by atoms with Gasteiger partial charge in [-0.05, 0) is 51.8 Å². The van der Waals surface area contributed by atoms with Crippen molar-refractivity contribution in [3.63, 3.8) is 0 Å². The number of aryl methyl sites for hydroxylation is 1. The lowest BCUT2D eigenvalue weighted by atomic mass is 10.1. The number of hydrogen-bond acceptors (Lipinski definition) is 2. The second-order valence-corrected chi connectivity index (χ2v) is 6.91. The first-order chi connectivity index (χ1) is 9.83. The van der Waals surface area contributed by atoms with Crippen LogP contribution < -0.4 is 5.32 Å². The molecule has 0 spiro atoms. The fraction of sp³-hybridized carbons (Fsp3) is 0.471. The summed E-state index contributed by atoms with van der Waals surface area (Å²) >= 11 is 6.02.